The lowest BCUT2D eigenvalue weighted by atomic mass is 9.92. The summed E-state index contributed by atoms with van der Waals surface area (Å²) in [5.74, 6) is 0.357. The fourth-order valence-corrected chi connectivity index (χ4v) is 4.54. The molecule has 1 aromatic carbocycles. The molecule has 3 heterocycles. The fourth-order valence-electron chi connectivity index (χ4n) is 4.54. The molecule has 2 N–H and O–H groups in total. The van der Waals surface area contributed by atoms with Gasteiger partial charge in [-0.3, -0.25) is 14.5 Å². The Morgan fingerprint density at radius 3 is 2.77 bits per heavy atom. The maximum absolute atomic E-state index is 13.1. The number of benzene rings is 1. The Hall–Kier alpha value is -2.89. The van der Waals surface area contributed by atoms with Gasteiger partial charge in [-0.1, -0.05) is 18.2 Å². The van der Waals surface area contributed by atoms with E-state index in [0.717, 1.165) is 53.1 Å². The van der Waals surface area contributed by atoms with Gasteiger partial charge in [0.05, 0.1) is 28.6 Å². The molecule has 0 unspecified atom stereocenters. The molecule has 2 atom stereocenters. The number of nitrogen functional groups attached to an aromatic ring is 1. The summed E-state index contributed by atoms with van der Waals surface area (Å²) in [6, 6.07) is 10.1. The van der Waals surface area contributed by atoms with Gasteiger partial charge in [0.25, 0.3) is 0 Å². The SMILES string of the molecule is Cc1nn([C@H](C)CC(=O)N2CCC[C@H](c3nc4ccccc4cc3N)C2)c(C)c1C. The number of piperidine rings is 1. The number of para-hydroxylation sites is 1. The van der Waals surface area contributed by atoms with Crippen LogP contribution in [0.3, 0.4) is 0 Å². The average molecular weight is 406 g/mol. The number of carbonyl (C=O) groups excluding carboxylic acids is 1. The third-order valence-electron chi connectivity index (χ3n) is 6.52. The zero-order chi connectivity index (χ0) is 21.4. The highest BCUT2D eigenvalue weighted by Gasteiger charge is 2.28. The number of pyridine rings is 1. The molecule has 1 amide bonds. The van der Waals surface area contributed by atoms with E-state index < -0.39 is 0 Å². The molecule has 1 aliphatic heterocycles. The van der Waals surface area contributed by atoms with Crippen LogP contribution in [0.2, 0.25) is 0 Å². The Bertz CT molecular complexity index is 1090. The predicted molar refractivity (Wildman–Crippen MR) is 120 cm³/mol. The van der Waals surface area contributed by atoms with E-state index >= 15 is 0 Å². The van der Waals surface area contributed by atoms with Gasteiger partial charge in [-0.15, -0.1) is 0 Å². The lowest BCUT2D eigenvalue weighted by Crippen LogP contribution is -2.40. The monoisotopic (exact) mass is 405 g/mol. The molecular formula is C24H31N5O. The number of fused-ring (bicyclic) bond motifs is 1. The number of aromatic nitrogens is 3. The highest BCUT2D eigenvalue weighted by atomic mass is 16.2. The first-order valence-corrected chi connectivity index (χ1v) is 10.8. The van der Waals surface area contributed by atoms with E-state index in [4.69, 9.17) is 10.7 Å². The van der Waals surface area contributed by atoms with Gasteiger partial charge in [0, 0.05) is 36.5 Å². The molecule has 0 radical (unpaired) electrons. The van der Waals surface area contributed by atoms with Crippen LogP contribution in [0.4, 0.5) is 5.69 Å². The third-order valence-corrected chi connectivity index (χ3v) is 6.52. The Morgan fingerprint density at radius 1 is 1.27 bits per heavy atom. The first-order valence-electron chi connectivity index (χ1n) is 10.8. The van der Waals surface area contributed by atoms with Crippen LogP contribution in [0.15, 0.2) is 30.3 Å². The number of hydrogen-bond acceptors (Lipinski definition) is 4. The minimum absolute atomic E-state index is 0.0362. The lowest BCUT2D eigenvalue weighted by molar-refractivity contribution is -0.133. The van der Waals surface area contributed by atoms with E-state index in [9.17, 15) is 4.79 Å². The number of nitrogens with zero attached hydrogens (tertiary/aromatic N) is 4. The summed E-state index contributed by atoms with van der Waals surface area (Å²) in [5, 5.41) is 5.68. The van der Waals surface area contributed by atoms with Crippen molar-refractivity contribution in [3.63, 3.8) is 0 Å². The summed E-state index contributed by atoms with van der Waals surface area (Å²) in [6.45, 7) is 9.72. The number of aryl methyl sites for hydroxylation is 1. The van der Waals surface area contributed by atoms with Crippen molar-refractivity contribution < 1.29 is 4.79 Å². The van der Waals surface area contributed by atoms with Crippen LogP contribution in [0, 0.1) is 20.8 Å². The summed E-state index contributed by atoms with van der Waals surface area (Å²) in [4.78, 5) is 19.9. The second-order valence-corrected chi connectivity index (χ2v) is 8.63. The highest BCUT2D eigenvalue weighted by Crippen LogP contribution is 2.32. The Labute approximate surface area is 178 Å². The van der Waals surface area contributed by atoms with E-state index in [0.29, 0.717) is 13.0 Å². The standard InChI is InChI=1S/C24H31N5O/c1-15(29-18(4)16(2)17(3)27-29)12-23(30)28-11-7-9-20(14-28)24-21(25)13-19-8-5-6-10-22(19)26-24/h5-6,8,10,13,15,20H,7,9,11-12,14,25H2,1-4H3/t15-,20+/m1/s1. The predicted octanol–water partition coefficient (Wildman–Crippen LogP) is 4.30. The number of nitrogens with two attached hydrogens (primary N) is 1. The van der Waals surface area contributed by atoms with Gasteiger partial charge in [-0.2, -0.15) is 5.10 Å². The van der Waals surface area contributed by atoms with Crippen LogP contribution in [-0.4, -0.2) is 38.7 Å². The fraction of sp³-hybridized carbons (Fsp3) is 0.458. The number of anilines is 1. The van der Waals surface area contributed by atoms with E-state index in [1.807, 2.05) is 46.8 Å². The second kappa shape index (κ2) is 8.09. The molecule has 6 heteroatoms. The van der Waals surface area contributed by atoms with Gasteiger partial charge in [-0.25, -0.2) is 0 Å². The third kappa shape index (κ3) is 3.78. The first-order chi connectivity index (χ1) is 14.3. The normalized spacial score (nSPS) is 18.0. The lowest BCUT2D eigenvalue weighted by Gasteiger charge is -2.33. The van der Waals surface area contributed by atoms with Gasteiger partial charge in [0.1, 0.15) is 0 Å². The quantitative estimate of drug-likeness (QED) is 0.702. The van der Waals surface area contributed by atoms with Crippen LogP contribution in [0.1, 0.15) is 60.8 Å². The molecule has 30 heavy (non-hydrogen) atoms. The summed E-state index contributed by atoms with van der Waals surface area (Å²) in [7, 11) is 0. The van der Waals surface area contributed by atoms with E-state index in [1.54, 1.807) is 0 Å². The van der Waals surface area contributed by atoms with E-state index in [1.165, 1.54) is 5.56 Å². The zero-order valence-corrected chi connectivity index (χ0v) is 18.4. The van der Waals surface area contributed by atoms with Crippen molar-refractivity contribution in [2.45, 2.75) is 58.9 Å². The molecular weight excluding hydrogens is 374 g/mol. The maximum atomic E-state index is 13.1. The zero-order valence-electron chi connectivity index (χ0n) is 18.4. The largest absolute Gasteiger partial charge is 0.397 e. The molecule has 6 nitrogen and oxygen atoms in total. The number of hydrogen-bond donors (Lipinski definition) is 1. The number of carbonyl (C=O) groups is 1. The van der Waals surface area contributed by atoms with Crippen molar-refractivity contribution in [2.24, 2.45) is 0 Å². The molecule has 1 aliphatic rings. The van der Waals surface area contributed by atoms with Gasteiger partial charge in [0.2, 0.25) is 5.91 Å². The van der Waals surface area contributed by atoms with Crippen LogP contribution in [0.25, 0.3) is 10.9 Å². The van der Waals surface area contributed by atoms with Crippen molar-refractivity contribution in [3.05, 3.63) is 53.0 Å². The van der Waals surface area contributed by atoms with Gasteiger partial charge in [-0.05, 0) is 58.2 Å². The second-order valence-electron chi connectivity index (χ2n) is 8.63. The molecule has 0 saturated carbocycles. The molecule has 0 spiro atoms. The smallest absolute Gasteiger partial charge is 0.224 e. The van der Waals surface area contributed by atoms with Gasteiger partial charge < -0.3 is 10.6 Å². The van der Waals surface area contributed by atoms with Gasteiger partial charge >= 0.3 is 0 Å². The van der Waals surface area contributed by atoms with Crippen LogP contribution < -0.4 is 5.73 Å². The topological polar surface area (TPSA) is 77.0 Å². The molecule has 0 bridgehead atoms. The molecule has 2 aromatic heterocycles. The summed E-state index contributed by atoms with van der Waals surface area (Å²) in [5.41, 5.74) is 12.3. The average Bonchev–Trinajstić information content (AvgIpc) is 3.00. The Kier molecular flexibility index (Phi) is 5.50. The van der Waals surface area contributed by atoms with Crippen molar-refractivity contribution in [2.75, 3.05) is 18.8 Å². The molecule has 3 aromatic rings. The maximum Gasteiger partial charge on any atom is 0.224 e. The van der Waals surface area contributed by atoms with Crippen molar-refractivity contribution in [3.8, 4) is 0 Å². The summed E-state index contributed by atoms with van der Waals surface area (Å²) in [6.07, 6.45) is 2.43. The first kappa shape index (κ1) is 20.4. The van der Waals surface area contributed by atoms with Crippen molar-refractivity contribution in [1.82, 2.24) is 19.7 Å². The molecule has 158 valence electrons. The van der Waals surface area contributed by atoms with Crippen LogP contribution >= 0.6 is 0 Å². The Morgan fingerprint density at radius 2 is 2.03 bits per heavy atom. The minimum atomic E-state index is 0.0362. The van der Waals surface area contributed by atoms with Crippen molar-refractivity contribution >= 4 is 22.5 Å². The molecule has 1 saturated heterocycles. The van der Waals surface area contributed by atoms with E-state index in [-0.39, 0.29) is 17.9 Å². The summed E-state index contributed by atoms with van der Waals surface area (Å²) >= 11 is 0. The molecule has 1 fully saturated rings. The van der Waals surface area contributed by atoms with Gasteiger partial charge in [0.15, 0.2) is 0 Å². The van der Waals surface area contributed by atoms with Crippen molar-refractivity contribution in [1.29, 1.82) is 0 Å². The van der Waals surface area contributed by atoms with Crippen LogP contribution in [-0.2, 0) is 4.79 Å². The number of likely N-dealkylation sites (tertiary alicyclic amines) is 1. The Balaban J connectivity index is 1.49. The number of amides is 1. The van der Waals surface area contributed by atoms with Crippen LogP contribution in [0.5, 0.6) is 0 Å². The van der Waals surface area contributed by atoms with E-state index in [2.05, 4.69) is 25.9 Å². The number of rotatable bonds is 4. The molecule has 4 rings (SSSR count). The highest BCUT2D eigenvalue weighted by molar-refractivity contribution is 5.82. The molecule has 0 aliphatic carbocycles. The summed E-state index contributed by atoms with van der Waals surface area (Å²) < 4.78 is 1.99. The minimum Gasteiger partial charge on any atom is -0.397 e.